The lowest BCUT2D eigenvalue weighted by Gasteiger charge is -2.08. The van der Waals surface area contributed by atoms with Gasteiger partial charge in [0, 0.05) is 18.2 Å². The quantitative estimate of drug-likeness (QED) is 0.899. The molecule has 0 amide bonds. The van der Waals surface area contributed by atoms with Gasteiger partial charge < -0.3 is 10.1 Å². The highest BCUT2D eigenvalue weighted by Gasteiger charge is 2.07. The number of ether oxygens (including phenoxy) is 1. The maximum absolute atomic E-state index is 13.4. The largest absolute Gasteiger partial charge is 0.478 e. The van der Waals surface area contributed by atoms with Gasteiger partial charge in [0.25, 0.3) is 0 Å². The van der Waals surface area contributed by atoms with Crippen LogP contribution in [0.2, 0.25) is 0 Å². The Bertz CT molecular complexity index is 544. The molecular formula is C14H14F2N2O. The third-order valence-corrected chi connectivity index (χ3v) is 2.54. The van der Waals surface area contributed by atoms with E-state index in [1.165, 1.54) is 12.1 Å². The number of halogens is 2. The highest BCUT2D eigenvalue weighted by Crippen LogP contribution is 2.15. The van der Waals surface area contributed by atoms with Crippen LogP contribution in [0.4, 0.5) is 14.5 Å². The van der Waals surface area contributed by atoms with Gasteiger partial charge in [-0.25, -0.2) is 13.8 Å². The van der Waals surface area contributed by atoms with Gasteiger partial charge in [0.15, 0.2) is 11.6 Å². The van der Waals surface area contributed by atoms with E-state index in [-0.39, 0.29) is 12.1 Å². The summed E-state index contributed by atoms with van der Waals surface area (Å²) in [5.74, 6) is -1.14. The normalized spacial score (nSPS) is 10.3. The number of benzene rings is 1. The topological polar surface area (TPSA) is 34.1 Å². The van der Waals surface area contributed by atoms with Crippen LogP contribution in [0.1, 0.15) is 12.5 Å². The van der Waals surface area contributed by atoms with Gasteiger partial charge >= 0.3 is 0 Å². The average molecular weight is 264 g/mol. The first-order valence-electron chi connectivity index (χ1n) is 5.96. The predicted molar refractivity (Wildman–Crippen MR) is 69.1 cm³/mol. The predicted octanol–water partition coefficient (Wildman–Crippen LogP) is 3.37. The van der Waals surface area contributed by atoms with Gasteiger partial charge in [0.2, 0.25) is 5.88 Å². The van der Waals surface area contributed by atoms with E-state index in [4.69, 9.17) is 4.74 Å². The van der Waals surface area contributed by atoms with E-state index in [1.54, 1.807) is 18.3 Å². The minimum atomic E-state index is -0.843. The van der Waals surface area contributed by atoms with Crippen LogP contribution in [0.3, 0.4) is 0 Å². The Morgan fingerprint density at radius 3 is 2.74 bits per heavy atom. The summed E-state index contributed by atoms with van der Waals surface area (Å²) in [6.07, 6.45) is 1.59. The molecule has 0 spiro atoms. The first-order valence-corrected chi connectivity index (χ1v) is 5.96. The highest BCUT2D eigenvalue weighted by atomic mass is 19.2. The second-order valence-corrected chi connectivity index (χ2v) is 3.88. The summed E-state index contributed by atoms with van der Waals surface area (Å²) in [6.45, 7) is 2.62. The smallest absolute Gasteiger partial charge is 0.213 e. The Kier molecular flexibility index (Phi) is 4.28. The molecule has 2 aromatic rings. The maximum Gasteiger partial charge on any atom is 0.213 e. The van der Waals surface area contributed by atoms with Crippen LogP contribution in [0, 0.1) is 11.6 Å². The number of pyridine rings is 1. The van der Waals surface area contributed by atoms with Crippen molar-refractivity contribution in [3.63, 3.8) is 0 Å². The molecule has 0 atom stereocenters. The Morgan fingerprint density at radius 1 is 1.21 bits per heavy atom. The monoisotopic (exact) mass is 264 g/mol. The van der Waals surface area contributed by atoms with E-state index in [0.29, 0.717) is 18.2 Å². The second kappa shape index (κ2) is 6.13. The molecule has 0 unspecified atom stereocenters. The van der Waals surface area contributed by atoms with Crippen molar-refractivity contribution >= 4 is 5.69 Å². The lowest BCUT2D eigenvalue weighted by atomic mass is 10.2. The van der Waals surface area contributed by atoms with Gasteiger partial charge in [-0.1, -0.05) is 12.1 Å². The molecule has 0 aliphatic rings. The van der Waals surface area contributed by atoms with Crippen molar-refractivity contribution in [1.29, 1.82) is 0 Å². The molecule has 19 heavy (non-hydrogen) atoms. The van der Waals surface area contributed by atoms with Crippen LogP contribution in [0.25, 0.3) is 0 Å². The van der Waals surface area contributed by atoms with Crippen molar-refractivity contribution in [2.24, 2.45) is 0 Å². The standard InChI is InChI=1S/C14H14F2N2O/c1-2-19-13-7-6-11(9-18-13)17-8-10-4-3-5-12(15)14(10)16/h3-7,9,17H,2,8H2,1H3. The minimum absolute atomic E-state index is 0.194. The van der Waals surface area contributed by atoms with E-state index < -0.39 is 11.6 Å². The molecule has 0 aliphatic carbocycles. The summed E-state index contributed by atoms with van der Waals surface area (Å²) in [5.41, 5.74) is 0.987. The van der Waals surface area contributed by atoms with Gasteiger partial charge in [-0.05, 0) is 19.1 Å². The molecule has 0 bridgehead atoms. The summed E-state index contributed by atoms with van der Waals surface area (Å²) < 4.78 is 31.6. The zero-order chi connectivity index (χ0) is 13.7. The molecule has 2 rings (SSSR count). The molecule has 1 aromatic carbocycles. The summed E-state index contributed by atoms with van der Waals surface area (Å²) in [7, 11) is 0. The van der Waals surface area contributed by atoms with Crippen molar-refractivity contribution in [2.45, 2.75) is 13.5 Å². The maximum atomic E-state index is 13.4. The number of nitrogens with zero attached hydrogens (tertiary/aromatic N) is 1. The molecule has 1 heterocycles. The number of rotatable bonds is 5. The molecule has 0 fully saturated rings. The number of anilines is 1. The lowest BCUT2D eigenvalue weighted by Crippen LogP contribution is -2.03. The first kappa shape index (κ1) is 13.3. The van der Waals surface area contributed by atoms with Gasteiger partial charge in [-0.3, -0.25) is 0 Å². The fourth-order valence-electron chi connectivity index (χ4n) is 1.60. The molecule has 0 radical (unpaired) electrons. The van der Waals surface area contributed by atoms with Crippen LogP contribution in [0.5, 0.6) is 5.88 Å². The number of hydrogen-bond acceptors (Lipinski definition) is 3. The fraction of sp³-hybridized carbons (Fsp3) is 0.214. The van der Waals surface area contributed by atoms with Crippen LogP contribution in [0.15, 0.2) is 36.5 Å². The molecule has 0 saturated heterocycles. The van der Waals surface area contributed by atoms with Crippen LogP contribution in [-0.2, 0) is 6.54 Å². The Balaban J connectivity index is 2.00. The van der Waals surface area contributed by atoms with Crippen molar-refractivity contribution < 1.29 is 13.5 Å². The molecule has 5 heteroatoms. The molecule has 0 saturated carbocycles. The third kappa shape index (κ3) is 3.40. The van der Waals surface area contributed by atoms with E-state index in [2.05, 4.69) is 10.3 Å². The first-order chi connectivity index (χ1) is 9.20. The lowest BCUT2D eigenvalue weighted by molar-refractivity contribution is 0.327. The molecule has 100 valence electrons. The second-order valence-electron chi connectivity index (χ2n) is 3.88. The molecule has 0 aliphatic heterocycles. The van der Waals surface area contributed by atoms with Crippen molar-refractivity contribution in [1.82, 2.24) is 4.98 Å². The SMILES string of the molecule is CCOc1ccc(NCc2cccc(F)c2F)cn1. The van der Waals surface area contributed by atoms with E-state index >= 15 is 0 Å². The molecule has 3 nitrogen and oxygen atoms in total. The molecule has 1 aromatic heterocycles. The van der Waals surface area contributed by atoms with Crippen LogP contribution >= 0.6 is 0 Å². The van der Waals surface area contributed by atoms with E-state index in [9.17, 15) is 8.78 Å². The summed E-state index contributed by atoms with van der Waals surface area (Å²) in [4.78, 5) is 4.07. The number of aromatic nitrogens is 1. The third-order valence-electron chi connectivity index (χ3n) is 2.54. The summed E-state index contributed by atoms with van der Waals surface area (Å²) in [5, 5.41) is 2.97. The van der Waals surface area contributed by atoms with Gasteiger partial charge in [-0.2, -0.15) is 0 Å². The zero-order valence-corrected chi connectivity index (χ0v) is 10.5. The number of hydrogen-bond donors (Lipinski definition) is 1. The highest BCUT2D eigenvalue weighted by molar-refractivity contribution is 5.42. The Hall–Kier alpha value is -2.17. The molecule has 1 N–H and O–H groups in total. The summed E-state index contributed by atoms with van der Waals surface area (Å²) >= 11 is 0. The van der Waals surface area contributed by atoms with Gasteiger partial charge in [0.05, 0.1) is 18.5 Å². The molecular weight excluding hydrogens is 250 g/mol. The van der Waals surface area contributed by atoms with Gasteiger partial charge in [-0.15, -0.1) is 0 Å². The van der Waals surface area contributed by atoms with Crippen LogP contribution < -0.4 is 10.1 Å². The zero-order valence-electron chi connectivity index (χ0n) is 10.5. The Morgan fingerprint density at radius 2 is 2.05 bits per heavy atom. The van der Waals surface area contributed by atoms with E-state index in [0.717, 1.165) is 6.07 Å². The minimum Gasteiger partial charge on any atom is -0.478 e. The summed E-state index contributed by atoms with van der Waals surface area (Å²) in [6, 6.07) is 7.60. The van der Waals surface area contributed by atoms with Gasteiger partial charge in [0.1, 0.15) is 0 Å². The fourth-order valence-corrected chi connectivity index (χ4v) is 1.60. The van der Waals surface area contributed by atoms with Crippen LogP contribution in [-0.4, -0.2) is 11.6 Å². The Labute approximate surface area is 110 Å². The van der Waals surface area contributed by atoms with Crippen molar-refractivity contribution in [3.05, 3.63) is 53.7 Å². The van der Waals surface area contributed by atoms with Crippen molar-refractivity contribution in [2.75, 3.05) is 11.9 Å². The van der Waals surface area contributed by atoms with E-state index in [1.807, 2.05) is 6.92 Å². The number of nitrogens with one attached hydrogen (secondary N) is 1. The average Bonchev–Trinajstić information content (AvgIpc) is 2.42. The van der Waals surface area contributed by atoms with Crippen molar-refractivity contribution in [3.8, 4) is 5.88 Å².